The van der Waals surface area contributed by atoms with Gasteiger partial charge in [0.05, 0.1) is 12.1 Å². The fraction of sp³-hybridized carbons (Fsp3) is 0.300. The summed E-state index contributed by atoms with van der Waals surface area (Å²) >= 11 is 0. The Labute approximate surface area is 151 Å². The summed E-state index contributed by atoms with van der Waals surface area (Å²) in [6, 6.07) is 19.1. The largest absolute Gasteiger partial charge is 0.447 e. The van der Waals surface area contributed by atoms with Crippen molar-refractivity contribution in [1.29, 1.82) is 0 Å². The van der Waals surface area contributed by atoms with Gasteiger partial charge in [0, 0.05) is 13.1 Å². The van der Waals surface area contributed by atoms with E-state index in [1.165, 1.54) is 0 Å². The lowest BCUT2D eigenvalue weighted by Crippen LogP contribution is -2.49. The molecule has 6 nitrogen and oxygen atoms in total. The van der Waals surface area contributed by atoms with E-state index in [0.717, 1.165) is 11.1 Å². The van der Waals surface area contributed by atoms with Crippen LogP contribution in [0.5, 0.6) is 0 Å². The third kappa shape index (κ3) is 3.22. The van der Waals surface area contributed by atoms with Gasteiger partial charge in [0.1, 0.15) is 13.2 Å². The maximum atomic E-state index is 12.3. The Bertz CT molecular complexity index is 713. The quantitative estimate of drug-likeness (QED) is 0.830. The zero-order chi connectivity index (χ0) is 17.9. The lowest BCUT2D eigenvalue weighted by Gasteiger charge is -2.30. The summed E-state index contributed by atoms with van der Waals surface area (Å²) < 4.78 is 10.6. The lowest BCUT2D eigenvalue weighted by molar-refractivity contribution is 0.143. The molecule has 2 heterocycles. The molecule has 2 amide bonds. The molecule has 0 unspecified atom stereocenters. The highest BCUT2D eigenvalue weighted by molar-refractivity contribution is 5.73. The summed E-state index contributed by atoms with van der Waals surface area (Å²) in [4.78, 5) is 27.9. The molecule has 2 aromatic carbocycles. The number of amides is 2. The van der Waals surface area contributed by atoms with Gasteiger partial charge in [-0.2, -0.15) is 0 Å². The second-order valence-corrected chi connectivity index (χ2v) is 6.52. The van der Waals surface area contributed by atoms with Crippen LogP contribution in [0.3, 0.4) is 0 Å². The number of hydrogen-bond acceptors (Lipinski definition) is 4. The first-order valence-corrected chi connectivity index (χ1v) is 8.67. The number of cyclic esters (lactones) is 2. The predicted octanol–water partition coefficient (Wildman–Crippen LogP) is 3.03. The van der Waals surface area contributed by atoms with Crippen molar-refractivity contribution in [2.24, 2.45) is 0 Å². The fourth-order valence-electron chi connectivity index (χ4n) is 3.49. The maximum Gasteiger partial charge on any atom is 0.410 e. The number of ether oxygens (including phenoxy) is 2. The summed E-state index contributed by atoms with van der Waals surface area (Å²) in [5.74, 6) is 0. The Morgan fingerprint density at radius 3 is 1.46 bits per heavy atom. The van der Waals surface area contributed by atoms with Crippen molar-refractivity contribution < 1.29 is 19.1 Å². The molecule has 0 bridgehead atoms. The first-order valence-electron chi connectivity index (χ1n) is 8.67. The smallest absolute Gasteiger partial charge is 0.410 e. The number of benzene rings is 2. The summed E-state index contributed by atoms with van der Waals surface area (Å²) in [5, 5.41) is 0. The molecular formula is C20H20N2O4. The molecule has 2 aliphatic heterocycles. The molecule has 0 N–H and O–H groups in total. The molecule has 0 saturated carbocycles. The summed E-state index contributed by atoms with van der Waals surface area (Å²) in [6.07, 6.45) is -0.698. The van der Waals surface area contributed by atoms with E-state index in [9.17, 15) is 9.59 Å². The average molecular weight is 352 g/mol. The average Bonchev–Trinajstić information content (AvgIpc) is 3.20. The minimum absolute atomic E-state index is 0.224. The summed E-state index contributed by atoms with van der Waals surface area (Å²) in [6.45, 7) is 1.43. The minimum Gasteiger partial charge on any atom is -0.447 e. The van der Waals surface area contributed by atoms with Crippen LogP contribution in [0.25, 0.3) is 0 Å². The molecule has 2 fully saturated rings. The van der Waals surface area contributed by atoms with Gasteiger partial charge in [-0.25, -0.2) is 9.59 Å². The topological polar surface area (TPSA) is 59.1 Å². The van der Waals surface area contributed by atoms with E-state index in [2.05, 4.69) is 0 Å². The monoisotopic (exact) mass is 352 g/mol. The van der Waals surface area contributed by atoms with Crippen LogP contribution in [0.4, 0.5) is 9.59 Å². The van der Waals surface area contributed by atoms with Crippen molar-refractivity contribution >= 4 is 12.2 Å². The molecule has 4 rings (SSSR count). The highest BCUT2D eigenvalue weighted by Gasteiger charge is 2.46. The molecular weight excluding hydrogens is 332 g/mol. The molecule has 2 saturated heterocycles. The van der Waals surface area contributed by atoms with Gasteiger partial charge >= 0.3 is 12.2 Å². The van der Waals surface area contributed by atoms with Crippen LogP contribution in [-0.4, -0.2) is 47.3 Å². The number of nitrogens with zero attached hydrogens (tertiary/aromatic N) is 2. The standard InChI is InChI=1S/C20H20N2O4/c23-19-21(11-15-7-3-1-4-8-15)17(13-25-19)18-14-26-20(24)22(18)12-16-9-5-2-6-10-16/h1-10,17-18H,11-14H2/t17-,18-/m0/s1. The van der Waals surface area contributed by atoms with Crippen LogP contribution < -0.4 is 0 Å². The van der Waals surface area contributed by atoms with Crippen LogP contribution in [0, 0.1) is 0 Å². The van der Waals surface area contributed by atoms with Crippen molar-refractivity contribution in [1.82, 2.24) is 9.80 Å². The summed E-state index contributed by atoms with van der Waals surface area (Å²) in [7, 11) is 0. The first-order chi connectivity index (χ1) is 12.7. The Morgan fingerprint density at radius 1 is 0.692 bits per heavy atom. The van der Waals surface area contributed by atoms with E-state index in [0.29, 0.717) is 13.1 Å². The SMILES string of the molecule is O=C1OC[C@@H]([C@@H]2COC(=O)N2Cc2ccccc2)N1Cc1ccccc1. The number of hydrogen-bond donors (Lipinski definition) is 0. The van der Waals surface area contributed by atoms with Gasteiger partial charge < -0.3 is 9.47 Å². The van der Waals surface area contributed by atoms with Gasteiger partial charge in [-0.3, -0.25) is 9.80 Å². The molecule has 2 aromatic rings. The van der Waals surface area contributed by atoms with Crippen LogP contribution in [0.15, 0.2) is 60.7 Å². The molecule has 0 spiro atoms. The lowest BCUT2D eigenvalue weighted by atomic mass is 10.1. The van der Waals surface area contributed by atoms with Gasteiger partial charge in [0.25, 0.3) is 0 Å². The Morgan fingerprint density at radius 2 is 1.08 bits per heavy atom. The Balaban J connectivity index is 1.53. The third-order valence-electron chi connectivity index (χ3n) is 4.86. The molecule has 6 heteroatoms. The highest BCUT2D eigenvalue weighted by atomic mass is 16.6. The molecule has 0 aliphatic carbocycles. The van der Waals surface area contributed by atoms with Gasteiger partial charge in [0.15, 0.2) is 0 Å². The molecule has 2 atom stereocenters. The Hall–Kier alpha value is -3.02. The fourth-order valence-corrected chi connectivity index (χ4v) is 3.49. The maximum absolute atomic E-state index is 12.3. The predicted molar refractivity (Wildman–Crippen MR) is 94.2 cm³/mol. The molecule has 26 heavy (non-hydrogen) atoms. The van der Waals surface area contributed by atoms with Gasteiger partial charge in [-0.1, -0.05) is 60.7 Å². The molecule has 0 radical (unpaired) electrons. The van der Waals surface area contributed by atoms with Crippen LogP contribution in [-0.2, 0) is 22.6 Å². The van der Waals surface area contributed by atoms with E-state index >= 15 is 0 Å². The Kier molecular flexibility index (Phi) is 4.48. The van der Waals surface area contributed by atoms with Crippen molar-refractivity contribution in [3.63, 3.8) is 0 Å². The second kappa shape index (κ2) is 7.07. The first kappa shape index (κ1) is 16.4. The van der Waals surface area contributed by atoms with Crippen molar-refractivity contribution in [3.05, 3.63) is 71.8 Å². The van der Waals surface area contributed by atoms with Crippen LogP contribution in [0.2, 0.25) is 0 Å². The third-order valence-corrected chi connectivity index (χ3v) is 4.86. The minimum atomic E-state index is -0.349. The number of rotatable bonds is 5. The van der Waals surface area contributed by atoms with E-state index in [4.69, 9.17) is 9.47 Å². The normalized spacial score (nSPS) is 22.5. The number of carbonyl (C=O) groups is 2. The van der Waals surface area contributed by atoms with Gasteiger partial charge in [-0.15, -0.1) is 0 Å². The van der Waals surface area contributed by atoms with Crippen molar-refractivity contribution in [3.8, 4) is 0 Å². The zero-order valence-corrected chi connectivity index (χ0v) is 14.3. The number of carbonyl (C=O) groups excluding carboxylic acids is 2. The van der Waals surface area contributed by atoms with Crippen LogP contribution >= 0.6 is 0 Å². The van der Waals surface area contributed by atoms with Crippen molar-refractivity contribution in [2.45, 2.75) is 25.2 Å². The van der Waals surface area contributed by atoms with E-state index in [1.54, 1.807) is 9.80 Å². The molecule has 134 valence electrons. The van der Waals surface area contributed by atoms with E-state index < -0.39 is 0 Å². The molecule has 2 aliphatic rings. The zero-order valence-electron chi connectivity index (χ0n) is 14.3. The molecule has 0 aromatic heterocycles. The van der Waals surface area contributed by atoms with Gasteiger partial charge in [0.2, 0.25) is 0 Å². The van der Waals surface area contributed by atoms with Crippen molar-refractivity contribution in [2.75, 3.05) is 13.2 Å². The second-order valence-electron chi connectivity index (χ2n) is 6.52. The summed E-state index contributed by atoms with van der Waals surface area (Å²) in [5.41, 5.74) is 2.05. The highest BCUT2D eigenvalue weighted by Crippen LogP contribution is 2.27. The van der Waals surface area contributed by atoms with E-state index in [1.807, 2.05) is 60.7 Å². The van der Waals surface area contributed by atoms with E-state index in [-0.39, 0.29) is 37.5 Å². The van der Waals surface area contributed by atoms with Gasteiger partial charge in [-0.05, 0) is 11.1 Å². The van der Waals surface area contributed by atoms with Crippen LogP contribution in [0.1, 0.15) is 11.1 Å².